The van der Waals surface area contributed by atoms with E-state index in [1.807, 2.05) is 36.5 Å². The van der Waals surface area contributed by atoms with E-state index in [1.54, 1.807) is 0 Å². The molecule has 0 radical (unpaired) electrons. The molecule has 0 saturated carbocycles. The minimum Gasteiger partial charge on any atom is -0.256 e. The molecule has 0 unspecified atom stereocenters. The Kier molecular flexibility index (Phi) is 6.16. The lowest BCUT2D eigenvalue weighted by molar-refractivity contribution is 0.660. The second-order valence-corrected chi connectivity index (χ2v) is 12.8. The van der Waals surface area contributed by atoms with Crippen molar-refractivity contribution in [1.82, 2.24) is 15.0 Å². The zero-order valence-corrected chi connectivity index (χ0v) is 26.3. The third kappa shape index (κ3) is 4.31. The molecular weight excluding hydrogens is 571 g/mol. The van der Waals surface area contributed by atoms with E-state index >= 15 is 0 Å². The van der Waals surface area contributed by atoms with Crippen LogP contribution in [0.15, 0.2) is 152 Å². The van der Waals surface area contributed by atoms with E-state index in [9.17, 15) is 0 Å². The third-order valence-electron chi connectivity index (χ3n) is 9.78. The largest absolute Gasteiger partial charge is 0.256 e. The highest BCUT2D eigenvalue weighted by Crippen LogP contribution is 2.52. The van der Waals surface area contributed by atoms with Crippen molar-refractivity contribution in [2.45, 2.75) is 19.3 Å². The zero-order chi connectivity index (χ0) is 31.5. The molecule has 0 fully saturated rings. The Labute approximate surface area is 274 Å². The van der Waals surface area contributed by atoms with E-state index in [0.29, 0.717) is 5.82 Å². The molecule has 0 spiro atoms. The first-order chi connectivity index (χ1) is 23.1. The molecule has 1 aliphatic rings. The SMILES string of the molecule is CC1(C)c2ccccc2-c2c(-c3ccc(-c4cc(-c5cccc6ncccc56)nc(-c5ccccc5)n4)c4ccccc34)cccc21. The highest BCUT2D eigenvalue weighted by molar-refractivity contribution is 6.08. The smallest absolute Gasteiger partial charge is 0.160 e. The van der Waals surface area contributed by atoms with Gasteiger partial charge in [0.1, 0.15) is 0 Å². The molecule has 0 atom stereocenters. The van der Waals surface area contributed by atoms with E-state index in [0.717, 1.165) is 44.4 Å². The summed E-state index contributed by atoms with van der Waals surface area (Å²) in [5.41, 5.74) is 13.7. The number of fused-ring (bicyclic) bond motifs is 5. The van der Waals surface area contributed by atoms with Crippen LogP contribution in [0.4, 0.5) is 0 Å². The van der Waals surface area contributed by atoms with Crippen molar-refractivity contribution in [2.75, 3.05) is 0 Å². The molecule has 47 heavy (non-hydrogen) atoms. The molecule has 0 N–H and O–H groups in total. The van der Waals surface area contributed by atoms with Crippen molar-refractivity contribution >= 4 is 21.7 Å². The summed E-state index contributed by atoms with van der Waals surface area (Å²) in [7, 11) is 0. The molecule has 3 nitrogen and oxygen atoms in total. The lowest BCUT2D eigenvalue weighted by atomic mass is 9.81. The Hall–Kier alpha value is -5.93. The standard InChI is InChI=1S/C44H31N3/c1-44(2)37-21-9-8-17-36(37)42-35(19-10-22-38(42)44)31-24-25-34(30-16-7-6-15-29(30)31)41-27-40(46-43(47-41)28-13-4-3-5-14-28)33-18-11-23-39-32(33)20-12-26-45-39/h3-27H,1-2H3. The molecule has 0 bridgehead atoms. The Bertz CT molecular complexity index is 2490. The lowest BCUT2D eigenvalue weighted by Gasteiger charge is -2.22. The van der Waals surface area contributed by atoms with Crippen LogP contribution in [0.2, 0.25) is 0 Å². The number of hydrogen-bond donors (Lipinski definition) is 0. The monoisotopic (exact) mass is 601 g/mol. The molecule has 6 aromatic carbocycles. The van der Waals surface area contributed by atoms with Crippen LogP contribution >= 0.6 is 0 Å². The first kappa shape index (κ1) is 27.4. The van der Waals surface area contributed by atoms with Crippen LogP contribution < -0.4 is 0 Å². The summed E-state index contributed by atoms with van der Waals surface area (Å²) >= 11 is 0. The molecule has 9 rings (SSSR count). The van der Waals surface area contributed by atoms with Gasteiger partial charge in [-0.3, -0.25) is 4.98 Å². The summed E-state index contributed by atoms with van der Waals surface area (Å²) < 4.78 is 0. The van der Waals surface area contributed by atoms with Crippen molar-refractivity contribution in [3.63, 3.8) is 0 Å². The van der Waals surface area contributed by atoms with Gasteiger partial charge >= 0.3 is 0 Å². The van der Waals surface area contributed by atoms with Crippen molar-refractivity contribution in [3.8, 4) is 56.2 Å². The maximum Gasteiger partial charge on any atom is 0.160 e. The van der Waals surface area contributed by atoms with Gasteiger partial charge in [0.2, 0.25) is 0 Å². The quantitative estimate of drug-likeness (QED) is 0.201. The van der Waals surface area contributed by atoms with Gasteiger partial charge in [-0.15, -0.1) is 0 Å². The molecule has 2 aromatic heterocycles. The maximum atomic E-state index is 5.21. The average Bonchev–Trinajstić information content (AvgIpc) is 3.37. The number of pyridine rings is 1. The number of hydrogen-bond acceptors (Lipinski definition) is 3. The molecule has 0 aliphatic heterocycles. The van der Waals surface area contributed by atoms with Crippen molar-refractivity contribution < 1.29 is 0 Å². The summed E-state index contributed by atoms with van der Waals surface area (Å²) in [5.74, 6) is 0.701. The van der Waals surface area contributed by atoms with E-state index in [-0.39, 0.29) is 5.41 Å². The molecule has 2 heterocycles. The summed E-state index contributed by atoms with van der Waals surface area (Å²) in [6.45, 7) is 4.68. The first-order valence-corrected chi connectivity index (χ1v) is 16.1. The van der Waals surface area contributed by atoms with Gasteiger partial charge in [0, 0.05) is 33.7 Å². The van der Waals surface area contributed by atoms with Crippen molar-refractivity contribution in [1.29, 1.82) is 0 Å². The van der Waals surface area contributed by atoms with Crippen molar-refractivity contribution in [2.24, 2.45) is 0 Å². The predicted molar refractivity (Wildman–Crippen MR) is 194 cm³/mol. The fraction of sp³-hybridized carbons (Fsp3) is 0.0682. The molecule has 0 saturated heterocycles. The topological polar surface area (TPSA) is 38.7 Å². The normalized spacial score (nSPS) is 13.1. The molecule has 0 amide bonds. The molecule has 1 aliphatic carbocycles. The zero-order valence-electron chi connectivity index (χ0n) is 26.3. The van der Waals surface area contributed by atoms with Crippen LogP contribution in [-0.4, -0.2) is 15.0 Å². The minimum absolute atomic E-state index is 0.0555. The van der Waals surface area contributed by atoms with Gasteiger partial charge in [-0.05, 0) is 62.4 Å². The van der Waals surface area contributed by atoms with E-state index in [2.05, 4.69) is 134 Å². The number of benzene rings is 6. The Morgan fingerprint density at radius 2 is 1.04 bits per heavy atom. The van der Waals surface area contributed by atoms with Crippen LogP contribution in [0.1, 0.15) is 25.0 Å². The Morgan fingerprint density at radius 3 is 1.87 bits per heavy atom. The second-order valence-electron chi connectivity index (χ2n) is 12.8. The van der Waals surface area contributed by atoms with E-state index < -0.39 is 0 Å². The van der Waals surface area contributed by atoms with Crippen LogP contribution in [0.25, 0.3) is 77.8 Å². The van der Waals surface area contributed by atoms with E-state index in [1.165, 1.54) is 38.8 Å². The van der Waals surface area contributed by atoms with Crippen molar-refractivity contribution in [3.05, 3.63) is 163 Å². The van der Waals surface area contributed by atoms with Gasteiger partial charge in [0.05, 0.1) is 16.9 Å². The first-order valence-electron chi connectivity index (χ1n) is 16.1. The third-order valence-corrected chi connectivity index (χ3v) is 9.78. The Morgan fingerprint density at radius 1 is 0.447 bits per heavy atom. The fourth-order valence-electron chi connectivity index (χ4n) is 7.50. The number of aromatic nitrogens is 3. The predicted octanol–water partition coefficient (Wildman–Crippen LogP) is 11.2. The Balaban J connectivity index is 1.28. The van der Waals surface area contributed by atoms with Gasteiger partial charge in [0.15, 0.2) is 5.82 Å². The highest BCUT2D eigenvalue weighted by Gasteiger charge is 2.36. The number of rotatable bonds is 4. The van der Waals surface area contributed by atoms with Gasteiger partial charge in [-0.2, -0.15) is 0 Å². The van der Waals surface area contributed by atoms with Crippen LogP contribution in [0.5, 0.6) is 0 Å². The minimum atomic E-state index is -0.0555. The van der Waals surface area contributed by atoms with E-state index in [4.69, 9.17) is 9.97 Å². The summed E-state index contributed by atoms with van der Waals surface area (Å²) in [4.78, 5) is 15.0. The van der Waals surface area contributed by atoms with Crippen LogP contribution in [0, 0.1) is 0 Å². The van der Waals surface area contributed by atoms with Gasteiger partial charge in [0.25, 0.3) is 0 Å². The highest BCUT2D eigenvalue weighted by atomic mass is 14.9. The number of nitrogens with zero attached hydrogens (tertiary/aromatic N) is 3. The fourth-order valence-corrected chi connectivity index (χ4v) is 7.50. The summed E-state index contributed by atoms with van der Waals surface area (Å²) in [6.07, 6.45) is 1.84. The second kappa shape index (κ2) is 10.6. The molecule has 3 heteroatoms. The van der Waals surface area contributed by atoms with Crippen LogP contribution in [-0.2, 0) is 5.41 Å². The summed E-state index contributed by atoms with van der Waals surface area (Å²) in [6, 6.07) is 51.6. The van der Waals surface area contributed by atoms with Gasteiger partial charge < -0.3 is 0 Å². The molecular formula is C44H31N3. The average molecular weight is 602 g/mol. The van der Waals surface area contributed by atoms with Gasteiger partial charge in [-0.1, -0.05) is 141 Å². The van der Waals surface area contributed by atoms with Gasteiger partial charge in [-0.25, -0.2) is 9.97 Å². The summed E-state index contributed by atoms with van der Waals surface area (Å²) in [5, 5.41) is 3.44. The maximum absolute atomic E-state index is 5.21. The molecule has 8 aromatic rings. The molecule has 222 valence electrons. The van der Waals surface area contributed by atoms with Crippen LogP contribution in [0.3, 0.4) is 0 Å². The lowest BCUT2D eigenvalue weighted by Crippen LogP contribution is -2.14.